The molecule has 0 spiro atoms. The van der Waals surface area contributed by atoms with E-state index < -0.39 is 53.6 Å². The molecule has 2 aromatic rings. The molecule has 10 heteroatoms. The van der Waals surface area contributed by atoms with Crippen molar-refractivity contribution in [2.45, 2.75) is 32.3 Å². The van der Waals surface area contributed by atoms with Gasteiger partial charge in [0.15, 0.2) is 23.6 Å². The lowest BCUT2D eigenvalue weighted by Gasteiger charge is -2.13. The Balaban J connectivity index is 1.48. The fourth-order valence-corrected chi connectivity index (χ4v) is 3.97. The molecule has 2 N–H and O–H groups in total. The minimum absolute atomic E-state index is 0.418. The monoisotopic (exact) mass is 426 g/mol. The van der Waals surface area contributed by atoms with Crippen LogP contribution in [0.3, 0.4) is 0 Å². The van der Waals surface area contributed by atoms with Gasteiger partial charge in [-0.05, 0) is 49.9 Å². The van der Waals surface area contributed by atoms with Gasteiger partial charge in [-0.1, -0.05) is 0 Å². The molecule has 0 aliphatic heterocycles. The van der Waals surface area contributed by atoms with Crippen LogP contribution in [0.25, 0.3) is 0 Å². The summed E-state index contributed by atoms with van der Waals surface area (Å²) in [7, 11) is 0. The Kier molecular flexibility index (Phi) is 6.21. The summed E-state index contributed by atoms with van der Waals surface area (Å²) in [5.41, 5.74) is 0.563. The van der Waals surface area contributed by atoms with Crippen molar-refractivity contribution < 1.29 is 32.3 Å². The Morgan fingerprint density at radius 2 is 1.93 bits per heavy atom. The fourth-order valence-electron chi connectivity index (χ4n) is 2.83. The van der Waals surface area contributed by atoms with Gasteiger partial charge in [0, 0.05) is 4.88 Å². The van der Waals surface area contributed by atoms with Gasteiger partial charge in [-0.25, -0.2) is 18.0 Å². The number of amides is 2. The maximum absolute atomic E-state index is 13.5. The third-order valence-electron chi connectivity index (χ3n) is 4.33. The molecule has 154 valence electrons. The van der Waals surface area contributed by atoms with E-state index in [-0.39, 0.29) is 0 Å². The van der Waals surface area contributed by atoms with Crippen molar-refractivity contribution in [1.82, 2.24) is 5.32 Å². The van der Waals surface area contributed by atoms with Crippen LogP contribution in [0.4, 0.5) is 18.9 Å². The van der Waals surface area contributed by atoms with E-state index >= 15 is 0 Å². The van der Waals surface area contributed by atoms with Gasteiger partial charge in [0.25, 0.3) is 5.91 Å². The SMILES string of the molecule is C[C@@H](OC(=O)c1cc2c(s1)CCC2)C(=O)NCC(=O)Nc1ccc(F)c(F)c1F. The van der Waals surface area contributed by atoms with Crippen LogP contribution in [0, 0.1) is 17.5 Å². The van der Waals surface area contributed by atoms with E-state index in [1.165, 1.54) is 18.3 Å². The highest BCUT2D eigenvalue weighted by atomic mass is 32.1. The van der Waals surface area contributed by atoms with Crippen LogP contribution < -0.4 is 10.6 Å². The van der Waals surface area contributed by atoms with Gasteiger partial charge in [-0.3, -0.25) is 9.59 Å². The van der Waals surface area contributed by atoms with E-state index in [1.807, 2.05) is 5.32 Å². The van der Waals surface area contributed by atoms with Crippen molar-refractivity contribution >= 4 is 34.8 Å². The summed E-state index contributed by atoms with van der Waals surface area (Å²) in [6.45, 7) is 0.772. The Labute approximate surface area is 168 Å². The average molecular weight is 426 g/mol. The van der Waals surface area contributed by atoms with Crippen LogP contribution in [-0.2, 0) is 27.2 Å². The molecule has 0 saturated carbocycles. The zero-order valence-electron chi connectivity index (χ0n) is 15.3. The number of carbonyl (C=O) groups is 3. The molecule has 3 rings (SSSR count). The number of carbonyl (C=O) groups excluding carboxylic acids is 3. The molecule has 29 heavy (non-hydrogen) atoms. The molecule has 1 heterocycles. The van der Waals surface area contributed by atoms with Gasteiger partial charge in [-0.2, -0.15) is 0 Å². The number of benzene rings is 1. The minimum Gasteiger partial charge on any atom is -0.448 e. The number of anilines is 1. The Morgan fingerprint density at radius 3 is 2.66 bits per heavy atom. The number of hydrogen-bond acceptors (Lipinski definition) is 5. The Hall–Kier alpha value is -2.88. The number of aryl methyl sites for hydroxylation is 2. The van der Waals surface area contributed by atoms with E-state index in [0.717, 1.165) is 35.8 Å². The van der Waals surface area contributed by atoms with Gasteiger partial charge >= 0.3 is 5.97 Å². The first kappa shape index (κ1) is 20.8. The standard InChI is InChI=1S/C19H17F3N2O4S/c1-9(28-19(27)14-7-10-3-2-4-13(10)29-14)18(26)23-8-15(25)24-12-6-5-11(20)16(21)17(12)22/h5-7,9H,2-4,8H2,1H3,(H,23,26)(H,24,25)/t9-/m1/s1. The van der Waals surface area contributed by atoms with Crippen molar-refractivity contribution in [1.29, 1.82) is 0 Å². The fraction of sp³-hybridized carbons (Fsp3) is 0.316. The number of esters is 1. The third-order valence-corrected chi connectivity index (χ3v) is 5.55. The summed E-state index contributed by atoms with van der Waals surface area (Å²) in [5, 5.41) is 4.25. The summed E-state index contributed by atoms with van der Waals surface area (Å²) in [6.07, 6.45) is 1.75. The first-order valence-corrected chi connectivity index (χ1v) is 9.61. The van der Waals surface area contributed by atoms with E-state index in [2.05, 4.69) is 5.32 Å². The Bertz CT molecular complexity index is 955. The summed E-state index contributed by atoms with van der Waals surface area (Å²) in [5.74, 6) is -6.87. The number of nitrogens with one attached hydrogen (secondary N) is 2. The summed E-state index contributed by atoms with van der Waals surface area (Å²) < 4.78 is 44.7. The maximum Gasteiger partial charge on any atom is 0.349 e. The molecule has 6 nitrogen and oxygen atoms in total. The topological polar surface area (TPSA) is 84.5 Å². The molecule has 2 amide bonds. The van der Waals surface area contributed by atoms with E-state index in [4.69, 9.17) is 4.74 Å². The maximum atomic E-state index is 13.5. The molecular formula is C19H17F3N2O4S. The average Bonchev–Trinajstić information content (AvgIpc) is 3.28. The highest BCUT2D eigenvalue weighted by Crippen LogP contribution is 2.31. The van der Waals surface area contributed by atoms with Crippen LogP contribution in [0.1, 0.15) is 33.5 Å². The van der Waals surface area contributed by atoms with Crippen LogP contribution in [0.15, 0.2) is 18.2 Å². The van der Waals surface area contributed by atoms with Crippen LogP contribution in [0.5, 0.6) is 0 Å². The quantitative estimate of drug-likeness (QED) is 0.550. The van der Waals surface area contributed by atoms with E-state index in [1.54, 1.807) is 6.07 Å². The van der Waals surface area contributed by atoms with Crippen molar-refractivity contribution in [2.24, 2.45) is 0 Å². The molecule has 1 aromatic carbocycles. The van der Waals surface area contributed by atoms with Crippen molar-refractivity contribution in [3.8, 4) is 0 Å². The smallest absolute Gasteiger partial charge is 0.349 e. The summed E-state index contributed by atoms with van der Waals surface area (Å²) in [6, 6.07) is 3.29. The number of thiophene rings is 1. The van der Waals surface area contributed by atoms with Gasteiger partial charge in [0.05, 0.1) is 12.2 Å². The molecule has 1 aliphatic carbocycles. The minimum atomic E-state index is -1.72. The lowest BCUT2D eigenvalue weighted by Crippen LogP contribution is -2.40. The van der Waals surface area contributed by atoms with Crippen molar-refractivity contribution in [2.75, 3.05) is 11.9 Å². The van der Waals surface area contributed by atoms with Crippen LogP contribution in [0.2, 0.25) is 0 Å². The van der Waals surface area contributed by atoms with Crippen LogP contribution in [-0.4, -0.2) is 30.4 Å². The zero-order valence-corrected chi connectivity index (χ0v) is 16.1. The second-order valence-corrected chi connectivity index (χ2v) is 7.59. The second-order valence-electron chi connectivity index (χ2n) is 6.45. The molecule has 0 saturated heterocycles. The molecule has 1 atom stereocenters. The first-order valence-electron chi connectivity index (χ1n) is 8.80. The zero-order chi connectivity index (χ0) is 21.1. The molecule has 0 radical (unpaired) electrons. The summed E-state index contributed by atoms with van der Waals surface area (Å²) in [4.78, 5) is 37.5. The van der Waals surface area contributed by atoms with Crippen molar-refractivity contribution in [3.05, 3.63) is 51.0 Å². The third kappa shape index (κ3) is 4.76. The molecule has 0 fully saturated rings. The van der Waals surface area contributed by atoms with Gasteiger partial charge < -0.3 is 15.4 Å². The van der Waals surface area contributed by atoms with E-state index in [9.17, 15) is 27.6 Å². The normalized spacial score (nSPS) is 13.5. The number of ether oxygens (including phenoxy) is 1. The second kappa shape index (κ2) is 8.64. The van der Waals surface area contributed by atoms with Gasteiger partial charge in [-0.15, -0.1) is 11.3 Å². The van der Waals surface area contributed by atoms with E-state index in [0.29, 0.717) is 10.9 Å². The molecule has 0 bridgehead atoms. The number of fused-ring (bicyclic) bond motifs is 1. The molecule has 1 aliphatic rings. The van der Waals surface area contributed by atoms with Gasteiger partial charge in [0.2, 0.25) is 5.91 Å². The van der Waals surface area contributed by atoms with Crippen LogP contribution >= 0.6 is 11.3 Å². The number of rotatable bonds is 6. The highest BCUT2D eigenvalue weighted by Gasteiger charge is 2.24. The van der Waals surface area contributed by atoms with Crippen molar-refractivity contribution in [3.63, 3.8) is 0 Å². The number of halogens is 3. The first-order chi connectivity index (χ1) is 13.8. The summed E-state index contributed by atoms with van der Waals surface area (Å²) >= 11 is 1.34. The lowest BCUT2D eigenvalue weighted by atomic mass is 10.2. The Morgan fingerprint density at radius 1 is 1.17 bits per heavy atom. The predicted octanol–water partition coefficient (Wildman–Crippen LogP) is 2.95. The predicted molar refractivity (Wildman–Crippen MR) is 99.2 cm³/mol. The molecular weight excluding hydrogens is 409 g/mol. The molecule has 0 unspecified atom stereocenters. The largest absolute Gasteiger partial charge is 0.448 e. The number of hydrogen-bond donors (Lipinski definition) is 2. The van der Waals surface area contributed by atoms with Gasteiger partial charge in [0.1, 0.15) is 4.88 Å². The highest BCUT2D eigenvalue weighted by molar-refractivity contribution is 7.14. The molecule has 1 aromatic heterocycles. The lowest BCUT2D eigenvalue weighted by molar-refractivity contribution is -0.130.